The molecule has 0 spiro atoms. The molecule has 2 aromatic rings. The summed E-state index contributed by atoms with van der Waals surface area (Å²) in [5.74, 6) is -0.551. The van der Waals surface area contributed by atoms with Gasteiger partial charge < -0.3 is 15.0 Å². The number of ether oxygens (including phenoxy) is 1. The zero-order valence-electron chi connectivity index (χ0n) is 16.3. The SMILES string of the molecule is CCOC(=O)n1ccc2cc(C(=O)NC3CC(C)N(C4(C#N)CC4)C3=O)ccc21. The Morgan fingerprint density at radius 1 is 1.34 bits per heavy atom. The molecule has 2 amide bonds. The van der Waals surface area contributed by atoms with E-state index in [1.165, 1.54) is 4.57 Å². The van der Waals surface area contributed by atoms with Crippen molar-refractivity contribution in [2.45, 2.75) is 50.7 Å². The molecule has 29 heavy (non-hydrogen) atoms. The van der Waals surface area contributed by atoms with Gasteiger partial charge in [0.15, 0.2) is 0 Å². The summed E-state index contributed by atoms with van der Waals surface area (Å²) < 4.78 is 6.40. The first-order chi connectivity index (χ1) is 13.9. The molecule has 1 aromatic heterocycles. The van der Waals surface area contributed by atoms with Crippen molar-refractivity contribution in [1.82, 2.24) is 14.8 Å². The first-order valence-electron chi connectivity index (χ1n) is 9.74. The molecule has 1 N–H and O–H groups in total. The number of nitriles is 1. The predicted molar refractivity (Wildman–Crippen MR) is 104 cm³/mol. The number of nitrogens with zero attached hydrogens (tertiary/aromatic N) is 3. The van der Waals surface area contributed by atoms with Crippen molar-refractivity contribution in [3.63, 3.8) is 0 Å². The molecule has 8 heteroatoms. The van der Waals surface area contributed by atoms with Crippen molar-refractivity contribution in [2.75, 3.05) is 6.61 Å². The lowest BCUT2D eigenvalue weighted by Crippen LogP contribution is -2.46. The summed E-state index contributed by atoms with van der Waals surface area (Å²) in [6.45, 7) is 3.92. The molecule has 0 bridgehead atoms. The van der Waals surface area contributed by atoms with Gasteiger partial charge in [0.2, 0.25) is 5.91 Å². The van der Waals surface area contributed by atoms with Gasteiger partial charge in [-0.3, -0.25) is 14.2 Å². The average molecular weight is 394 g/mol. The van der Waals surface area contributed by atoms with E-state index >= 15 is 0 Å². The number of hydrogen-bond donors (Lipinski definition) is 1. The summed E-state index contributed by atoms with van der Waals surface area (Å²) in [4.78, 5) is 39.1. The van der Waals surface area contributed by atoms with Crippen LogP contribution in [0.25, 0.3) is 10.9 Å². The van der Waals surface area contributed by atoms with E-state index in [0.29, 0.717) is 30.3 Å². The fourth-order valence-electron chi connectivity index (χ4n) is 4.09. The number of fused-ring (bicyclic) bond motifs is 1. The van der Waals surface area contributed by atoms with Crippen LogP contribution in [-0.2, 0) is 9.53 Å². The molecule has 2 unspecified atom stereocenters. The van der Waals surface area contributed by atoms with E-state index in [0.717, 1.165) is 5.39 Å². The highest BCUT2D eigenvalue weighted by Gasteiger charge is 2.56. The number of hydrogen-bond acceptors (Lipinski definition) is 5. The van der Waals surface area contributed by atoms with Crippen LogP contribution in [0.5, 0.6) is 0 Å². The van der Waals surface area contributed by atoms with Gasteiger partial charge in [-0.15, -0.1) is 0 Å². The molecule has 2 heterocycles. The second-order valence-corrected chi connectivity index (χ2v) is 7.62. The molecule has 1 saturated carbocycles. The Morgan fingerprint density at radius 2 is 2.10 bits per heavy atom. The van der Waals surface area contributed by atoms with Crippen LogP contribution in [0.3, 0.4) is 0 Å². The van der Waals surface area contributed by atoms with E-state index in [1.54, 1.807) is 42.3 Å². The molecule has 1 aromatic carbocycles. The van der Waals surface area contributed by atoms with Crippen molar-refractivity contribution in [3.8, 4) is 6.07 Å². The average Bonchev–Trinajstić information content (AvgIpc) is 3.28. The van der Waals surface area contributed by atoms with Gasteiger partial charge in [-0.1, -0.05) is 0 Å². The van der Waals surface area contributed by atoms with Crippen LogP contribution in [0.1, 0.15) is 43.5 Å². The summed E-state index contributed by atoms with van der Waals surface area (Å²) in [6.07, 6.45) is 2.98. The van der Waals surface area contributed by atoms with Crippen LogP contribution in [0.2, 0.25) is 0 Å². The van der Waals surface area contributed by atoms with E-state index in [-0.39, 0.29) is 24.5 Å². The van der Waals surface area contributed by atoms with Crippen molar-refractivity contribution in [1.29, 1.82) is 5.26 Å². The number of likely N-dealkylation sites (tertiary alicyclic amines) is 1. The molecule has 4 rings (SSSR count). The molecular weight excluding hydrogens is 372 g/mol. The largest absolute Gasteiger partial charge is 0.449 e. The highest BCUT2D eigenvalue weighted by atomic mass is 16.5. The fourth-order valence-corrected chi connectivity index (χ4v) is 4.09. The maximum absolute atomic E-state index is 12.8. The number of nitrogens with one attached hydrogen (secondary N) is 1. The maximum Gasteiger partial charge on any atom is 0.418 e. The van der Waals surface area contributed by atoms with Crippen LogP contribution >= 0.6 is 0 Å². The highest BCUT2D eigenvalue weighted by Crippen LogP contribution is 2.45. The summed E-state index contributed by atoms with van der Waals surface area (Å²) >= 11 is 0. The molecule has 2 atom stereocenters. The Kier molecular flexibility index (Phi) is 4.53. The first-order valence-corrected chi connectivity index (χ1v) is 9.74. The molecule has 150 valence electrons. The van der Waals surface area contributed by atoms with Crippen LogP contribution in [0.4, 0.5) is 4.79 Å². The van der Waals surface area contributed by atoms with E-state index in [2.05, 4.69) is 11.4 Å². The lowest BCUT2D eigenvalue weighted by Gasteiger charge is -2.26. The fraction of sp³-hybridized carbons (Fsp3) is 0.429. The lowest BCUT2D eigenvalue weighted by molar-refractivity contribution is -0.132. The number of carbonyl (C=O) groups excluding carboxylic acids is 3. The third-order valence-electron chi connectivity index (χ3n) is 5.67. The minimum atomic E-state index is -0.690. The number of aromatic nitrogens is 1. The normalized spacial score (nSPS) is 22.4. The Bertz CT molecular complexity index is 1050. The summed E-state index contributed by atoms with van der Waals surface area (Å²) in [5, 5.41) is 12.9. The van der Waals surface area contributed by atoms with Gasteiger partial charge in [0, 0.05) is 23.2 Å². The summed E-state index contributed by atoms with van der Waals surface area (Å²) in [6, 6.07) is 8.24. The Labute approximate surface area is 168 Å². The van der Waals surface area contributed by atoms with Gasteiger partial charge in [-0.25, -0.2) is 4.79 Å². The minimum Gasteiger partial charge on any atom is -0.449 e. The van der Waals surface area contributed by atoms with Crippen LogP contribution in [0.15, 0.2) is 30.5 Å². The zero-order valence-corrected chi connectivity index (χ0v) is 16.3. The van der Waals surface area contributed by atoms with E-state index in [1.807, 2.05) is 6.92 Å². The third-order valence-corrected chi connectivity index (χ3v) is 5.67. The third kappa shape index (κ3) is 3.12. The van der Waals surface area contributed by atoms with Crippen molar-refractivity contribution < 1.29 is 19.1 Å². The van der Waals surface area contributed by atoms with Crippen LogP contribution in [0, 0.1) is 11.3 Å². The van der Waals surface area contributed by atoms with Gasteiger partial charge >= 0.3 is 6.09 Å². The van der Waals surface area contributed by atoms with Crippen molar-refractivity contribution in [3.05, 3.63) is 36.0 Å². The molecule has 8 nitrogen and oxygen atoms in total. The standard InChI is InChI=1S/C21H22N4O4/c1-3-29-20(28)24-9-6-14-11-15(4-5-17(14)24)18(26)23-16-10-13(2)25(19(16)27)21(12-22)7-8-21/h4-6,9,11,13,16H,3,7-8,10H2,1-2H3,(H,23,26). The summed E-state index contributed by atoms with van der Waals surface area (Å²) in [5.41, 5.74) is 0.353. The molecule has 1 saturated heterocycles. The van der Waals surface area contributed by atoms with Gasteiger partial charge in [-0.05, 0) is 57.4 Å². The number of benzene rings is 1. The zero-order chi connectivity index (χ0) is 20.8. The highest BCUT2D eigenvalue weighted by molar-refractivity contribution is 6.01. The van der Waals surface area contributed by atoms with Gasteiger partial charge in [0.25, 0.3) is 5.91 Å². The first kappa shape index (κ1) is 19.0. The summed E-state index contributed by atoms with van der Waals surface area (Å²) in [7, 11) is 0. The van der Waals surface area contributed by atoms with E-state index in [9.17, 15) is 19.6 Å². The maximum atomic E-state index is 12.8. The Hall–Kier alpha value is -3.34. The van der Waals surface area contributed by atoms with Crippen molar-refractivity contribution >= 4 is 28.8 Å². The van der Waals surface area contributed by atoms with E-state index < -0.39 is 17.7 Å². The van der Waals surface area contributed by atoms with Gasteiger partial charge in [0.05, 0.1) is 18.2 Å². The van der Waals surface area contributed by atoms with Crippen molar-refractivity contribution in [2.24, 2.45) is 0 Å². The smallest absolute Gasteiger partial charge is 0.418 e. The molecule has 2 aliphatic rings. The number of rotatable bonds is 4. The molecular formula is C21H22N4O4. The molecule has 1 aliphatic heterocycles. The monoisotopic (exact) mass is 394 g/mol. The minimum absolute atomic E-state index is 0.0870. The quantitative estimate of drug-likeness (QED) is 0.858. The molecule has 1 aliphatic carbocycles. The topological polar surface area (TPSA) is 104 Å². The molecule has 0 radical (unpaired) electrons. The molecule has 2 fully saturated rings. The lowest BCUT2D eigenvalue weighted by atomic mass is 10.1. The van der Waals surface area contributed by atoms with Gasteiger partial charge in [0.1, 0.15) is 11.6 Å². The van der Waals surface area contributed by atoms with Crippen LogP contribution in [-0.4, -0.2) is 51.6 Å². The second-order valence-electron chi connectivity index (χ2n) is 7.62. The van der Waals surface area contributed by atoms with Gasteiger partial charge in [-0.2, -0.15) is 5.26 Å². The van der Waals surface area contributed by atoms with E-state index in [4.69, 9.17) is 4.74 Å². The van der Waals surface area contributed by atoms with Crippen LogP contribution < -0.4 is 5.32 Å². The predicted octanol–water partition coefficient (Wildman–Crippen LogP) is 2.42. The number of carbonyl (C=O) groups is 3. The Balaban J connectivity index is 1.50. The second kappa shape index (κ2) is 6.92. The Morgan fingerprint density at radius 3 is 2.76 bits per heavy atom. The number of amides is 2.